The van der Waals surface area contributed by atoms with Gasteiger partial charge in [-0.15, -0.1) is 11.8 Å². The van der Waals surface area contributed by atoms with Gasteiger partial charge in [-0.25, -0.2) is 0 Å². The molecule has 2 amide bonds. The second-order valence-electron chi connectivity index (χ2n) is 4.14. The van der Waals surface area contributed by atoms with Crippen LogP contribution < -0.4 is 11.1 Å². The van der Waals surface area contributed by atoms with E-state index in [0.717, 1.165) is 4.90 Å². The molecule has 0 atom stereocenters. The van der Waals surface area contributed by atoms with Crippen molar-refractivity contribution in [2.24, 2.45) is 5.73 Å². The Bertz CT molecular complexity index is 676. The predicted octanol–water partition coefficient (Wildman–Crippen LogP) is 1.62. The van der Waals surface area contributed by atoms with Crippen molar-refractivity contribution in [1.29, 1.82) is 0 Å². The van der Waals surface area contributed by atoms with E-state index in [0.29, 0.717) is 5.69 Å². The highest BCUT2D eigenvalue weighted by molar-refractivity contribution is 8.00. The number of nitrogens with one attached hydrogen (secondary N) is 1. The molecule has 0 radical (unpaired) electrons. The van der Waals surface area contributed by atoms with Crippen LogP contribution in [-0.2, 0) is 4.79 Å². The van der Waals surface area contributed by atoms with Gasteiger partial charge in [-0.3, -0.25) is 14.6 Å². The highest BCUT2D eigenvalue weighted by Crippen LogP contribution is 2.27. The zero-order chi connectivity index (χ0) is 15.2. The van der Waals surface area contributed by atoms with E-state index in [1.807, 2.05) is 0 Å². The number of amides is 2. The minimum absolute atomic E-state index is 0.0842. The molecule has 0 aliphatic rings. The number of hydrogen-bond acceptors (Lipinski definition) is 5. The third kappa shape index (κ3) is 4.22. The molecule has 0 bridgehead atoms. The lowest BCUT2D eigenvalue weighted by atomic mass is 10.2. The van der Waals surface area contributed by atoms with Crippen LogP contribution in [0.5, 0.6) is 5.75 Å². The molecule has 4 N–H and O–H groups in total. The Morgan fingerprint density at radius 1 is 1.29 bits per heavy atom. The van der Waals surface area contributed by atoms with Gasteiger partial charge in [-0.05, 0) is 18.2 Å². The Labute approximate surface area is 125 Å². The maximum atomic E-state index is 12.1. The highest BCUT2D eigenvalue weighted by Gasteiger charge is 2.10. The van der Waals surface area contributed by atoms with Crippen LogP contribution in [0.15, 0.2) is 47.6 Å². The minimum Gasteiger partial charge on any atom is -0.506 e. The van der Waals surface area contributed by atoms with E-state index in [2.05, 4.69) is 10.3 Å². The van der Waals surface area contributed by atoms with Crippen LogP contribution in [0.2, 0.25) is 0 Å². The number of primary amides is 1. The van der Waals surface area contributed by atoms with Crippen molar-refractivity contribution >= 4 is 29.3 Å². The third-order valence-corrected chi connectivity index (χ3v) is 3.59. The molecule has 7 heteroatoms. The number of rotatable bonds is 5. The van der Waals surface area contributed by atoms with Gasteiger partial charge in [0.2, 0.25) is 5.91 Å². The summed E-state index contributed by atoms with van der Waals surface area (Å²) in [6.07, 6.45) is 2.60. The highest BCUT2D eigenvalue weighted by atomic mass is 32.2. The number of hydrogen-bond donors (Lipinski definition) is 3. The number of benzene rings is 1. The van der Waals surface area contributed by atoms with Crippen molar-refractivity contribution in [3.63, 3.8) is 0 Å². The molecule has 1 aromatic heterocycles. The first-order valence-corrected chi connectivity index (χ1v) is 7.00. The van der Waals surface area contributed by atoms with Crippen molar-refractivity contribution in [2.75, 3.05) is 11.1 Å². The summed E-state index contributed by atoms with van der Waals surface area (Å²) in [6.45, 7) is 0. The van der Waals surface area contributed by atoms with Gasteiger partial charge in [0.15, 0.2) is 0 Å². The summed E-state index contributed by atoms with van der Waals surface area (Å²) in [5, 5.41) is 12.0. The van der Waals surface area contributed by atoms with Crippen molar-refractivity contribution in [1.82, 2.24) is 4.98 Å². The lowest BCUT2D eigenvalue weighted by Gasteiger charge is -2.10. The summed E-state index contributed by atoms with van der Waals surface area (Å²) in [4.78, 5) is 27.4. The van der Waals surface area contributed by atoms with Crippen LogP contribution in [-0.4, -0.2) is 27.7 Å². The maximum absolute atomic E-state index is 12.1. The first-order chi connectivity index (χ1) is 10.1. The predicted molar refractivity (Wildman–Crippen MR) is 80.2 cm³/mol. The number of nitrogens with zero attached hydrogens (tertiary/aromatic N) is 1. The summed E-state index contributed by atoms with van der Waals surface area (Å²) in [6, 6.07) is 8.39. The van der Waals surface area contributed by atoms with Crippen LogP contribution >= 0.6 is 11.8 Å². The van der Waals surface area contributed by atoms with Crippen LogP contribution in [0, 0.1) is 0 Å². The van der Waals surface area contributed by atoms with E-state index in [9.17, 15) is 14.7 Å². The Morgan fingerprint density at radius 2 is 2.05 bits per heavy atom. The quantitative estimate of drug-likeness (QED) is 0.728. The van der Waals surface area contributed by atoms with Crippen LogP contribution in [0.25, 0.3) is 0 Å². The molecule has 0 aliphatic carbocycles. The number of carbonyl (C=O) groups is 2. The fourth-order valence-corrected chi connectivity index (χ4v) is 2.34. The second-order valence-corrected chi connectivity index (χ2v) is 5.15. The lowest BCUT2D eigenvalue weighted by molar-refractivity contribution is -0.115. The van der Waals surface area contributed by atoms with E-state index < -0.39 is 11.8 Å². The summed E-state index contributed by atoms with van der Waals surface area (Å²) in [7, 11) is 0. The molecule has 0 saturated heterocycles. The number of aromatic nitrogens is 1. The number of anilines is 1. The monoisotopic (exact) mass is 303 g/mol. The fraction of sp³-hybridized carbons (Fsp3) is 0.0714. The number of thioether (sulfide) groups is 1. The smallest absolute Gasteiger partial charge is 0.257 e. The molecule has 2 aromatic rings. The Hall–Kier alpha value is -2.54. The van der Waals surface area contributed by atoms with Gasteiger partial charge in [0.1, 0.15) is 5.75 Å². The summed E-state index contributed by atoms with van der Waals surface area (Å²) in [5.41, 5.74) is 5.92. The van der Waals surface area contributed by atoms with Crippen molar-refractivity contribution < 1.29 is 14.7 Å². The Kier molecular flexibility index (Phi) is 4.78. The van der Waals surface area contributed by atoms with E-state index in [4.69, 9.17) is 5.73 Å². The molecule has 0 fully saturated rings. The molecule has 1 aromatic carbocycles. The first kappa shape index (κ1) is 14.9. The molecule has 1 heterocycles. The maximum Gasteiger partial charge on any atom is 0.257 e. The normalized spacial score (nSPS) is 10.1. The van der Waals surface area contributed by atoms with Gasteiger partial charge in [-0.2, -0.15) is 0 Å². The average Bonchev–Trinajstić information content (AvgIpc) is 2.46. The van der Waals surface area contributed by atoms with Gasteiger partial charge in [-0.1, -0.05) is 12.1 Å². The molecule has 0 saturated carbocycles. The molecule has 2 rings (SSSR count). The van der Waals surface area contributed by atoms with Gasteiger partial charge < -0.3 is 16.2 Å². The Balaban J connectivity index is 2.15. The largest absolute Gasteiger partial charge is 0.506 e. The van der Waals surface area contributed by atoms with E-state index in [-0.39, 0.29) is 17.1 Å². The molecular formula is C14H13N3O3S. The molecule has 21 heavy (non-hydrogen) atoms. The lowest BCUT2D eigenvalue weighted by Crippen LogP contribution is -2.14. The van der Waals surface area contributed by atoms with Gasteiger partial charge >= 0.3 is 0 Å². The molecule has 108 valence electrons. The second kappa shape index (κ2) is 6.76. The van der Waals surface area contributed by atoms with Gasteiger partial charge in [0.25, 0.3) is 5.91 Å². The molecule has 6 nitrogen and oxygen atoms in total. The fourth-order valence-electron chi connectivity index (χ4n) is 1.59. The molecular weight excluding hydrogens is 290 g/mol. The van der Waals surface area contributed by atoms with E-state index in [1.165, 1.54) is 30.2 Å². The summed E-state index contributed by atoms with van der Waals surface area (Å²) >= 11 is 1.24. The SMILES string of the molecule is NC(=O)CSc1ccccc1NC(=O)c1cncc(O)c1. The van der Waals surface area contributed by atoms with Crippen molar-refractivity contribution in [2.45, 2.75) is 4.90 Å². The van der Waals surface area contributed by atoms with Crippen molar-refractivity contribution in [3.8, 4) is 5.75 Å². The first-order valence-electron chi connectivity index (χ1n) is 6.02. The molecule has 0 spiro atoms. The zero-order valence-electron chi connectivity index (χ0n) is 10.9. The van der Waals surface area contributed by atoms with Gasteiger partial charge in [0, 0.05) is 11.1 Å². The Morgan fingerprint density at radius 3 is 2.76 bits per heavy atom. The van der Waals surface area contributed by atoms with Crippen LogP contribution in [0.4, 0.5) is 5.69 Å². The minimum atomic E-state index is -0.432. The van der Waals surface area contributed by atoms with E-state index >= 15 is 0 Å². The van der Waals surface area contributed by atoms with Crippen molar-refractivity contribution in [3.05, 3.63) is 48.3 Å². The van der Waals surface area contributed by atoms with Crippen LogP contribution in [0.3, 0.4) is 0 Å². The zero-order valence-corrected chi connectivity index (χ0v) is 11.8. The van der Waals surface area contributed by atoms with Crippen LogP contribution in [0.1, 0.15) is 10.4 Å². The third-order valence-electron chi connectivity index (χ3n) is 2.49. The summed E-state index contributed by atoms with van der Waals surface area (Å²) < 4.78 is 0. The number of carbonyl (C=O) groups excluding carboxylic acids is 2. The number of para-hydroxylation sites is 1. The topological polar surface area (TPSA) is 105 Å². The standard InChI is InChI=1S/C14H13N3O3S/c15-13(19)8-21-12-4-2-1-3-11(12)17-14(20)9-5-10(18)7-16-6-9/h1-7,18H,8H2,(H2,15,19)(H,17,20). The summed E-state index contributed by atoms with van der Waals surface area (Å²) in [5.74, 6) is -0.788. The average molecular weight is 303 g/mol. The molecule has 0 aliphatic heterocycles. The number of nitrogens with two attached hydrogens (primary N) is 1. The number of pyridine rings is 1. The van der Waals surface area contributed by atoms with Gasteiger partial charge in [0.05, 0.1) is 23.2 Å². The van der Waals surface area contributed by atoms with E-state index in [1.54, 1.807) is 24.3 Å². The number of aromatic hydroxyl groups is 1. The molecule has 0 unspecified atom stereocenters.